The highest BCUT2D eigenvalue weighted by Gasteiger charge is 2.20. The molecule has 0 unspecified atom stereocenters. The number of nitrogens with zero attached hydrogens (tertiary/aromatic N) is 2. The topological polar surface area (TPSA) is 56.1 Å². The van der Waals surface area contributed by atoms with Gasteiger partial charge in [0.15, 0.2) is 0 Å². The molecule has 33 heavy (non-hydrogen) atoms. The van der Waals surface area contributed by atoms with Crippen molar-refractivity contribution in [2.75, 3.05) is 5.32 Å². The Morgan fingerprint density at radius 3 is 2.48 bits per heavy atom. The van der Waals surface area contributed by atoms with Crippen LogP contribution < -0.4 is 10.1 Å². The first-order valence-electron chi connectivity index (χ1n) is 10.8. The quantitative estimate of drug-likeness (QED) is 0.365. The van der Waals surface area contributed by atoms with Crippen LogP contribution in [0, 0.1) is 26.6 Å². The van der Waals surface area contributed by atoms with Gasteiger partial charge in [0.05, 0.1) is 11.4 Å². The molecule has 4 rings (SSSR count). The fourth-order valence-corrected chi connectivity index (χ4v) is 3.64. The average Bonchev–Trinajstić information content (AvgIpc) is 3.09. The average molecular weight is 444 g/mol. The summed E-state index contributed by atoms with van der Waals surface area (Å²) in [5.41, 5.74) is 5.19. The van der Waals surface area contributed by atoms with Gasteiger partial charge in [0.2, 0.25) is 11.8 Å². The fraction of sp³-hybridized carbons (Fsp3) is 0.185. The van der Waals surface area contributed by atoms with E-state index in [0.29, 0.717) is 23.7 Å². The van der Waals surface area contributed by atoms with Crippen molar-refractivity contribution in [3.05, 3.63) is 101 Å². The van der Waals surface area contributed by atoms with Crippen LogP contribution in [0.1, 0.15) is 28.8 Å². The van der Waals surface area contributed by atoms with E-state index >= 15 is 0 Å². The summed E-state index contributed by atoms with van der Waals surface area (Å²) < 4.78 is 21.5. The van der Waals surface area contributed by atoms with Gasteiger partial charge in [-0.3, -0.25) is 4.79 Å². The van der Waals surface area contributed by atoms with Gasteiger partial charge in [-0.2, -0.15) is 9.78 Å². The Labute approximate surface area is 192 Å². The maximum atomic E-state index is 13.4. The largest absolute Gasteiger partial charge is 0.439 e. The zero-order valence-corrected chi connectivity index (χ0v) is 18.9. The number of carbonyl (C=O) groups excluding carboxylic acids is 1. The minimum atomic E-state index is -0.392. The predicted octanol–water partition coefficient (Wildman–Crippen LogP) is 6.30. The molecule has 3 aromatic carbocycles. The van der Waals surface area contributed by atoms with Gasteiger partial charge < -0.3 is 10.1 Å². The Balaban J connectivity index is 1.63. The van der Waals surface area contributed by atoms with Crippen LogP contribution in [0.25, 0.3) is 5.69 Å². The highest BCUT2D eigenvalue weighted by molar-refractivity contribution is 5.90. The number of anilines is 1. The van der Waals surface area contributed by atoms with Crippen LogP contribution >= 0.6 is 0 Å². The van der Waals surface area contributed by atoms with Crippen molar-refractivity contribution in [1.29, 1.82) is 0 Å². The molecule has 0 saturated heterocycles. The number of benzene rings is 3. The minimum absolute atomic E-state index is 0.204. The number of aromatic nitrogens is 2. The van der Waals surface area contributed by atoms with E-state index in [9.17, 15) is 9.18 Å². The molecule has 0 aliphatic rings. The summed E-state index contributed by atoms with van der Waals surface area (Å²) in [6, 6.07) is 21.6. The van der Waals surface area contributed by atoms with E-state index in [1.165, 1.54) is 12.1 Å². The third-order valence-electron chi connectivity index (χ3n) is 5.43. The van der Waals surface area contributed by atoms with Crippen molar-refractivity contribution in [3.8, 4) is 17.3 Å². The van der Waals surface area contributed by atoms with Gasteiger partial charge in [0.25, 0.3) is 0 Å². The fourth-order valence-electron chi connectivity index (χ4n) is 3.64. The summed E-state index contributed by atoms with van der Waals surface area (Å²) >= 11 is 0. The summed E-state index contributed by atoms with van der Waals surface area (Å²) in [4.78, 5) is 12.5. The number of para-hydroxylation sites is 1. The van der Waals surface area contributed by atoms with Gasteiger partial charge in [-0.1, -0.05) is 42.0 Å². The normalized spacial score (nSPS) is 10.8. The molecule has 6 heteroatoms. The molecule has 0 saturated carbocycles. The van der Waals surface area contributed by atoms with Crippen molar-refractivity contribution in [3.63, 3.8) is 0 Å². The molecule has 0 spiro atoms. The van der Waals surface area contributed by atoms with Gasteiger partial charge in [0, 0.05) is 17.7 Å². The first kappa shape index (κ1) is 22.3. The van der Waals surface area contributed by atoms with Gasteiger partial charge in [-0.05, 0) is 69.2 Å². The lowest BCUT2D eigenvalue weighted by molar-refractivity contribution is -0.116. The number of carbonyl (C=O) groups is 1. The number of nitrogens with one attached hydrogen (secondary N) is 1. The molecule has 0 aliphatic carbocycles. The molecule has 4 aromatic rings. The maximum absolute atomic E-state index is 13.4. The second-order valence-electron chi connectivity index (χ2n) is 8.04. The van der Waals surface area contributed by atoms with Crippen LogP contribution in [0.4, 0.5) is 10.1 Å². The summed E-state index contributed by atoms with van der Waals surface area (Å²) in [5.74, 6) is 0.687. The number of hydrogen-bond donors (Lipinski definition) is 1. The van der Waals surface area contributed by atoms with E-state index in [0.717, 1.165) is 28.1 Å². The summed E-state index contributed by atoms with van der Waals surface area (Å²) in [6.45, 7) is 5.96. The number of hydrogen-bond acceptors (Lipinski definition) is 3. The van der Waals surface area contributed by atoms with Crippen molar-refractivity contribution >= 4 is 11.6 Å². The summed E-state index contributed by atoms with van der Waals surface area (Å²) in [7, 11) is 0. The lowest BCUT2D eigenvalue weighted by atomic mass is 10.1. The van der Waals surface area contributed by atoms with Crippen molar-refractivity contribution in [2.45, 2.75) is 33.6 Å². The minimum Gasteiger partial charge on any atom is -0.439 e. The van der Waals surface area contributed by atoms with E-state index in [2.05, 4.69) is 5.32 Å². The smallest absolute Gasteiger partial charge is 0.226 e. The van der Waals surface area contributed by atoms with E-state index in [-0.39, 0.29) is 12.3 Å². The third-order valence-corrected chi connectivity index (χ3v) is 5.43. The highest BCUT2D eigenvalue weighted by atomic mass is 19.1. The predicted molar refractivity (Wildman–Crippen MR) is 128 cm³/mol. The number of aryl methyl sites for hydroxylation is 3. The standard InChI is InChI=1S/C27H26FN3O2/c1-18-11-13-23(14-12-18)33-27-24(15-16-26(32)29-22-9-6-8-21(28)17-22)20(3)30-31(27)25-10-5-4-7-19(25)2/h4-14,17H,15-16H2,1-3H3,(H,29,32). The highest BCUT2D eigenvalue weighted by Crippen LogP contribution is 2.32. The first-order valence-corrected chi connectivity index (χ1v) is 10.8. The zero-order valence-electron chi connectivity index (χ0n) is 18.9. The Kier molecular flexibility index (Phi) is 6.54. The van der Waals surface area contributed by atoms with Crippen molar-refractivity contribution in [1.82, 2.24) is 9.78 Å². The molecular weight excluding hydrogens is 417 g/mol. The number of halogens is 1. The van der Waals surface area contributed by atoms with Crippen LogP contribution in [0.3, 0.4) is 0 Å². The molecule has 0 aliphatic heterocycles. The molecule has 1 heterocycles. The van der Waals surface area contributed by atoms with E-state index in [4.69, 9.17) is 9.84 Å². The summed E-state index contributed by atoms with van der Waals surface area (Å²) in [6.07, 6.45) is 0.640. The Bertz CT molecular complexity index is 1280. The molecule has 168 valence electrons. The third kappa shape index (κ3) is 5.29. The zero-order chi connectivity index (χ0) is 23.4. The van der Waals surface area contributed by atoms with Gasteiger partial charge in [-0.25, -0.2) is 4.39 Å². The lowest BCUT2D eigenvalue weighted by Gasteiger charge is -2.13. The van der Waals surface area contributed by atoms with Gasteiger partial charge >= 0.3 is 0 Å². The van der Waals surface area contributed by atoms with Gasteiger partial charge in [-0.15, -0.1) is 0 Å². The Morgan fingerprint density at radius 1 is 1.00 bits per heavy atom. The molecular formula is C27H26FN3O2. The van der Waals surface area contributed by atoms with Crippen LogP contribution in [0.15, 0.2) is 72.8 Å². The second kappa shape index (κ2) is 9.69. The van der Waals surface area contributed by atoms with Gasteiger partial charge in [0.1, 0.15) is 11.6 Å². The molecule has 0 atom stereocenters. The van der Waals surface area contributed by atoms with Crippen molar-refractivity contribution in [2.24, 2.45) is 0 Å². The molecule has 5 nitrogen and oxygen atoms in total. The van der Waals surface area contributed by atoms with E-state index in [1.807, 2.05) is 69.3 Å². The van der Waals surface area contributed by atoms with Crippen LogP contribution in [-0.4, -0.2) is 15.7 Å². The molecule has 1 amide bonds. The van der Waals surface area contributed by atoms with Crippen LogP contribution in [0.2, 0.25) is 0 Å². The SMILES string of the molecule is Cc1ccc(Oc2c(CCC(=O)Nc3cccc(F)c3)c(C)nn2-c2ccccc2C)cc1. The van der Waals surface area contributed by atoms with Crippen LogP contribution in [0.5, 0.6) is 11.6 Å². The Morgan fingerprint density at radius 2 is 1.76 bits per heavy atom. The molecule has 0 bridgehead atoms. The molecule has 0 radical (unpaired) electrons. The van der Waals surface area contributed by atoms with E-state index in [1.54, 1.807) is 16.8 Å². The molecule has 1 N–H and O–H groups in total. The van der Waals surface area contributed by atoms with Crippen LogP contribution in [-0.2, 0) is 11.2 Å². The number of amides is 1. The second-order valence-corrected chi connectivity index (χ2v) is 8.04. The maximum Gasteiger partial charge on any atom is 0.226 e. The molecule has 0 fully saturated rings. The monoisotopic (exact) mass is 443 g/mol. The number of rotatable bonds is 7. The molecule has 1 aromatic heterocycles. The summed E-state index contributed by atoms with van der Waals surface area (Å²) in [5, 5.41) is 7.49. The first-order chi connectivity index (χ1) is 15.9. The lowest BCUT2D eigenvalue weighted by Crippen LogP contribution is -2.12. The Hall–Kier alpha value is -3.93. The van der Waals surface area contributed by atoms with Crippen molar-refractivity contribution < 1.29 is 13.9 Å². The van der Waals surface area contributed by atoms with E-state index < -0.39 is 5.82 Å². The number of ether oxygens (including phenoxy) is 1.